The van der Waals surface area contributed by atoms with Crippen LogP contribution < -0.4 is 0 Å². The number of thiol groups is 1. The Labute approximate surface area is 60.0 Å². The highest BCUT2D eigenvalue weighted by molar-refractivity contribution is 7.66. The zero-order valence-corrected chi connectivity index (χ0v) is 5.99. The van der Waals surface area contributed by atoms with Crippen LogP contribution in [0, 0.1) is 0 Å². The molecule has 0 aromatic carbocycles. The van der Waals surface area contributed by atoms with Gasteiger partial charge in [-0.25, -0.2) is 8.42 Å². The Morgan fingerprint density at radius 1 is 1.30 bits per heavy atom. The molecule has 0 atom stereocenters. The van der Waals surface area contributed by atoms with Crippen molar-refractivity contribution < 1.29 is 22.4 Å². The van der Waals surface area contributed by atoms with Gasteiger partial charge in [-0.05, 0) is 0 Å². The Hall–Kier alpha value is -0.880. The topological polar surface area (TPSA) is 63.6 Å². The second-order valence-electron chi connectivity index (χ2n) is 0.707. The van der Waals surface area contributed by atoms with Crippen LogP contribution in [0.25, 0.3) is 0 Å². The highest BCUT2D eigenvalue weighted by Gasteiger charge is 1.45. The molecule has 0 heterocycles. The molecule has 0 aromatic heterocycles. The molecule has 62 valence electrons. The van der Waals surface area contributed by atoms with Crippen LogP contribution in [-0.2, 0) is 15.7 Å². The zero-order chi connectivity index (χ0) is 7.70. The SMILES string of the molecule is C=COC=C.F.O=[SH](=O)O. The molecular formula is C4H9FO4S. The zero-order valence-electron chi connectivity index (χ0n) is 5.10. The maximum atomic E-state index is 8.59. The fourth-order valence-electron chi connectivity index (χ4n) is 0.0680. The third-order valence-corrected chi connectivity index (χ3v) is 0.192. The first-order chi connectivity index (χ1) is 4.15. The highest BCUT2D eigenvalue weighted by atomic mass is 32.2. The summed E-state index contributed by atoms with van der Waals surface area (Å²) >= 11 is 0. The van der Waals surface area contributed by atoms with Crippen molar-refractivity contribution in [1.82, 2.24) is 0 Å². The summed E-state index contributed by atoms with van der Waals surface area (Å²) in [7, 11) is -3.12. The maximum Gasteiger partial charge on any atom is 0.254 e. The fourth-order valence-corrected chi connectivity index (χ4v) is 0.0680. The lowest BCUT2D eigenvalue weighted by Crippen LogP contribution is -1.58. The molecule has 0 aliphatic carbocycles. The first kappa shape index (κ1) is 16.1. The van der Waals surface area contributed by atoms with Gasteiger partial charge in [-0.1, -0.05) is 13.2 Å². The normalized spacial score (nSPS) is 6.20. The predicted molar refractivity (Wildman–Crippen MR) is 36.9 cm³/mol. The lowest BCUT2D eigenvalue weighted by Gasteiger charge is -1.76. The van der Waals surface area contributed by atoms with Crippen molar-refractivity contribution >= 4 is 11.0 Å². The average Bonchev–Trinajstić information content (AvgIpc) is 1.66. The molecule has 0 saturated heterocycles. The van der Waals surface area contributed by atoms with E-state index in [0.29, 0.717) is 0 Å². The van der Waals surface area contributed by atoms with Gasteiger partial charge in [-0.2, -0.15) is 0 Å². The van der Waals surface area contributed by atoms with Crippen molar-refractivity contribution in [3.8, 4) is 0 Å². The summed E-state index contributed by atoms with van der Waals surface area (Å²) in [6, 6.07) is 0. The summed E-state index contributed by atoms with van der Waals surface area (Å²) < 4.78 is 28.6. The molecule has 4 nitrogen and oxygen atoms in total. The van der Waals surface area contributed by atoms with Gasteiger partial charge in [0.1, 0.15) is 0 Å². The molecule has 1 N–H and O–H groups in total. The van der Waals surface area contributed by atoms with Crippen molar-refractivity contribution in [2.45, 2.75) is 0 Å². The Morgan fingerprint density at radius 2 is 1.50 bits per heavy atom. The van der Waals surface area contributed by atoms with Gasteiger partial charge in [0.05, 0.1) is 12.5 Å². The van der Waals surface area contributed by atoms with Gasteiger partial charge < -0.3 is 4.74 Å². The molecule has 0 amide bonds. The Kier molecular flexibility index (Phi) is 25.2. The molecule has 0 bridgehead atoms. The van der Waals surface area contributed by atoms with E-state index in [4.69, 9.17) is 13.0 Å². The van der Waals surface area contributed by atoms with Crippen LogP contribution in [0.5, 0.6) is 0 Å². The Bertz CT molecular complexity index is 128. The van der Waals surface area contributed by atoms with Crippen LogP contribution in [0.2, 0.25) is 0 Å². The van der Waals surface area contributed by atoms with Gasteiger partial charge in [-0.15, -0.1) is 0 Å². The minimum absolute atomic E-state index is 0. The summed E-state index contributed by atoms with van der Waals surface area (Å²) in [6.45, 7) is 6.51. The molecule has 6 heteroatoms. The van der Waals surface area contributed by atoms with Gasteiger partial charge in [0.15, 0.2) is 0 Å². The van der Waals surface area contributed by atoms with Crippen LogP contribution in [0.4, 0.5) is 4.70 Å². The third-order valence-electron chi connectivity index (χ3n) is 0.192. The van der Waals surface area contributed by atoms with E-state index in [0.717, 1.165) is 0 Å². The van der Waals surface area contributed by atoms with Gasteiger partial charge in [0.2, 0.25) is 0 Å². The number of rotatable bonds is 2. The van der Waals surface area contributed by atoms with Crippen LogP contribution in [-0.4, -0.2) is 13.0 Å². The minimum Gasteiger partial charge on any atom is -0.474 e. The van der Waals surface area contributed by atoms with E-state index >= 15 is 0 Å². The van der Waals surface area contributed by atoms with E-state index in [1.807, 2.05) is 0 Å². The average molecular weight is 172 g/mol. The van der Waals surface area contributed by atoms with Crippen LogP contribution in [0.1, 0.15) is 0 Å². The summed E-state index contributed by atoms with van der Waals surface area (Å²) in [5.74, 6) is 0. The number of halogens is 1. The molecule has 0 rings (SSSR count). The van der Waals surface area contributed by atoms with Crippen LogP contribution in [0.15, 0.2) is 25.7 Å². The lowest BCUT2D eigenvalue weighted by atomic mass is 11.1. The highest BCUT2D eigenvalue weighted by Crippen LogP contribution is 1.65. The molecule has 0 aliphatic heterocycles. The van der Waals surface area contributed by atoms with E-state index in [9.17, 15) is 0 Å². The first-order valence-electron chi connectivity index (χ1n) is 1.85. The number of ether oxygens (including phenoxy) is 1. The van der Waals surface area contributed by atoms with Crippen molar-refractivity contribution in [2.75, 3.05) is 0 Å². The van der Waals surface area contributed by atoms with E-state index in [-0.39, 0.29) is 4.70 Å². The van der Waals surface area contributed by atoms with E-state index in [2.05, 4.69) is 17.9 Å². The lowest BCUT2D eigenvalue weighted by molar-refractivity contribution is 0.406. The molecule has 0 spiro atoms. The smallest absolute Gasteiger partial charge is 0.254 e. The van der Waals surface area contributed by atoms with Crippen molar-refractivity contribution in [3.63, 3.8) is 0 Å². The van der Waals surface area contributed by atoms with E-state index < -0.39 is 11.0 Å². The Balaban J connectivity index is -0.0000000910. The Morgan fingerprint density at radius 3 is 1.50 bits per heavy atom. The van der Waals surface area contributed by atoms with Crippen LogP contribution in [0.3, 0.4) is 0 Å². The fraction of sp³-hybridized carbons (Fsp3) is 0. The summed E-state index contributed by atoms with van der Waals surface area (Å²) in [4.78, 5) is 0. The second kappa shape index (κ2) is 15.7. The van der Waals surface area contributed by atoms with E-state index in [1.54, 1.807) is 0 Å². The first-order valence-corrected chi connectivity index (χ1v) is 2.98. The number of hydrogen-bond acceptors (Lipinski definition) is 3. The van der Waals surface area contributed by atoms with Crippen molar-refractivity contribution in [1.29, 1.82) is 0 Å². The molecule has 0 unspecified atom stereocenters. The van der Waals surface area contributed by atoms with Gasteiger partial charge >= 0.3 is 0 Å². The summed E-state index contributed by atoms with van der Waals surface area (Å²) in [5, 5.41) is 0. The third kappa shape index (κ3) is 213. The van der Waals surface area contributed by atoms with Crippen molar-refractivity contribution in [2.24, 2.45) is 0 Å². The molecule has 0 aliphatic rings. The summed E-state index contributed by atoms with van der Waals surface area (Å²) in [6.07, 6.45) is 2.62. The van der Waals surface area contributed by atoms with Gasteiger partial charge in [0.25, 0.3) is 11.0 Å². The summed E-state index contributed by atoms with van der Waals surface area (Å²) in [5.41, 5.74) is 0. The molecule has 0 radical (unpaired) electrons. The molecule has 0 aromatic rings. The number of hydrogen-bond donors (Lipinski definition) is 2. The standard InChI is InChI=1S/C4H6O.FH.H2O3S/c1-3-5-4-2;;1-4(2)3/h3-4H,1-2H2;1H;4H,(H,1,2,3). The molecule has 0 fully saturated rings. The monoisotopic (exact) mass is 172 g/mol. The van der Waals surface area contributed by atoms with E-state index in [1.165, 1.54) is 12.5 Å². The second-order valence-corrected chi connectivity index (χ2v) is 1.18. The minimum atomic E-state index is -3.12. The predicted octanol–water partition coefficient (Wildman–Crippen LogP) is 0.513. The maximum absolute atomic E-state index is 8.59. The quantitative estimate of drug-likeness (QED) is 0.362. The molecular weight excluding hydrogens is 163 g/mol. The van der Waals surface area contributed by atoms with Crippen LogP contribution >= 0.6 is 0 Å². The molecule has 10 heavy (non-hydrogen) atoms. The van der Waals surface area contributed by atoms with Gasteiger partial charge in [0, 0.05) is 0 Å². The largest absolute Gasteiger partial charge is 0.474 e. The molecule has 0 saturated carbocycles. The van der Waals surface area contributed by atoms with Crippen molar-refractivity contribution in [3.05, 3.63) is 25.7 Å². The van der Waals surface area contributed by atoms with Gasteiger partial charge in [-0.3, -0.25) is 9.26 Å².